The summed E-state index contributed by atoms with van der Waals surface area (Å²) in [6.45, 7) is 7.75. The summed E-state index contributed by atoms with van der Waals surface area (Å²) < 4.78 is 0. The predicted octanol–water partition coefficient (Wildman–Crippen LogP) is 2.80. The van der Waals surface area contributed by atoms with E-state index >= 15 is 0 Å². The van der Waals surface area contributed by atoms with Gasteiger partial charge in [0.05, 0.1) is 0 Å². The van der Waals surface area contributed by atoms with Crippen molar-refractivity contribution in [3.05, 3.63) is 0 Å². The molecule has 110 valence electrons. The van der Waals surface area contributed by atoms with Crippen molar-refractivity contribution in [3.8, 4) is 0 Å². The summed E-state index contributed by atoms with van der Waals surface area (Å²) >= 11 is 0. The average Bonchev–Trinajstić information content (AvgIpc) is 2.48. The minimum absolute atomic E-state index is 0.414. The van der Waals surface area contributed by atoms with Crippen molar-refractivity contribution in [2.24, 2.45) is 11.8 Å². The molecule has 0 aromatic carbocycles. The van der Waals surface area contributed by atoms with Crippen LogP contribution in [0.3, 0.4) is 0 Å². The zero-order valence-corrected chi connectivity index (χ0v) is 12.7. The summed E-state index contributed by atoms with van der Waals surface area (Å²) in [6.07, 6.45) is 8.08. The zero-order chi connectivity index (χ0) is 13.7. The molecule has 1 N–H and O–H groups in total. The molecule has 2 aliphatic heterocycles. The average molecular weight is 266 g/mol. The van der Waals surface area contributed by atoms with Crippen molar-refractivity contribution in [3.63, 3.8) is 0 Å². The second-order valence-corrected chi connectivity index (χ2v) is 6.41. The first-order valence-electron chi connectivity index (χ1n) is 8.22. The van der Waals surface area contributed by atoms with Crippen LogP contribution in [0, 0.1) is 11.8 Å². The Bertz CT molecular complexity index is 286. The maximum Gasteiger partial charge on any atom is 0.223 e. The van der Waals surface area contributed by atoms with Gasteiger partial charge in [-0.1, -0.05) is 13.8 Å². The summed E-state index contributed by atoms with van der Waals surface area (Å²) in [5.74, 6) is 1.71. The maximum atomic E-state index is 12.5. The standard InChI is InChI=1S/C16H30N2O/c1-3-15-6-4-5-11-18(15)16(19)12-13(2)14-7-9-17-10-8-14/h13-15,17H,3-12H2,1-2H3. The van der Waals surface area contributed by atoms with Gasteiger partial charge in [0.1, 0.15) is 0 Å². The summed E-state index contributed by atoms with van der Waals surface area (Å²) in [6, 6.07) is 0.515. The molecule has 3 heteroatoms. The number of carbonyl (C=O) groups is 1. The Morgan fingerprint density at radius 3 is 2.68 bits per heavy atom. The molecule has 0 aliphatic carbocycles. The van der Waals surface area contributed by atoms with Gasteiger partial charge in [-0.25, -0.2) is 0 Å². The third-order valence-electron chi connectivity index (χ3n) is 5.10. The van der Waals surface area contributed by atoms with Crippen molar-refractivity contribution in [2.45, 2.75) is 64.8 Å². The molecular weight excluding hydrogens is 236 g/mol. The summed E-state index contributed by atoms with van der Waals surface area (Å²) in [4.78, 5) is 14.7. The van der Waals surface area contributed by atoms with Crippen LogP contribution >= 0.6 is 0 Å². The molecule has 1 amide bonds. The minimum atomic E-state index is 0.414. The number of nitrogens with one attached hydrogen (secondary N) is 1. The topological polar surface area (TPSA) is 32.3 Å². The monoisotopic (exact) mass is 266 g/mol. The molecular formula is C16H30N2O. The number of hydrogen-bond acceptors (Lipinski definition) is 2. The lowest BCUT2D eigenvalue weighted by Gasteiger charge is -2.37. The number of carbonyl (C=O) groups excluding carboxylic acids is 1. The molecule has 2 rings (SSSR count). The van der Waals surface area contributed by atoms with Crippen LogP contribution in [0.25, 0.3) is 0 Å². The SMILES string of the molecule is CCC1CCCCN1C(=O)CC(C)C1CCNCC1. The van der Waals surface area contributed by atoms with E-state index in [1.165, 1.54) is 32.1 Å². The van der Waals surface area contributed by atoms with Crippen molar-refractivity contribution in [2.75, 3.05) is 19.6 Å². The first kappa shape index (κ1) is 14.8. The highest BCUT2D eigenvalue weighted by Crippen LogP contribution is 2.27. The first-order valence-corrected chi connectivity index (χ1v) is 8.22. The van der Waals surface area contributed by atoms with Gasteiger partial charge in [0, 0.05) is 19.0 Å². The van der Waals surface area contributed by atoms with E-state index < -0.39 is 0 Å². The van der Waals surface area contributed by atoms with E-state index in [-0.39, 0.29) is 0 Å². The molecule has 0 bridgehead atoms. The molecule has 2 heterocycles. The van der Waals surface area contributed by atoms with Crippen molar-refractivity contribution < 1.29 is 4.79 Å². The van der Waals surface area contributed by atoms with Crippen LogP contribution in [0.2, 0.25) is 0 Å². The lowest BCUT2D eigenvalue weighted by molar-refractivity contribution is -0.136. The van der Waals surface area contributed by atoms with Crippen LogP contribution in [-0.2, 0) is 4.79 Å². The maximum absolute atomic E-state index is 12.5. The lowest BCUT2D eigenvalue weighted by Crippen LogP contribution is -2.44. The van der Waals surface area contributed by atoms with Gasteiger partial charge in [0.2, 0.25) is 5.91 Å². The van der Waals surface area contributed by atoms with E-state index in [9.17, 15) is 4.79 Å². The molecule has 0 spiro atoms. The molecule has 2 aliphatic rings. The van der Waals surface area contributed by atoms with Crippen molar-refractivity contribution >= 4 is 5.91 Å². The molecule has 3 nitrogen and oxygen atoms in total. The lowest BCUT2D eigenvalue weighted by atomic mass is 9.83. The number of piperidine rings is 2. The van der Waals surface area contributed by atoms with Gasteiger partial charge in [-0.05, 0) is 63.5 Å². The fourth-order valence-corrected chi connectivity index (χ4v) is 3.73. The molecule has 2 atom stereocenters. The third kappa shape index (κ3) is 3.95. The molecule has 19 heavy (non-hydrogen) atoms. The second-order valence-electron chi connectivity index (χ2n) is 6.41. The Morgan fingerprint density at radius 1 is 1.26 bits per heavy atom. The van der Waals surface area contributed by atoms with Gasteiger partial charge < -0.3 is 10.2 Å². The van der Waals surface area contributed by atoms with Gasteiger partial charge in [-0.2, -0.15) is 0 Å². The quantitative estimate of drug-likeness (QED) is 0.848. The zero-order valence-electron chi connectivity index (χ0n) is 12.7. The highest BCUT2D eigenvalue weighted by molar-refractivity contribution is 5.76. The van der Waals surface area contributed by atoms with E-state index in [1.54, 1.807) is 0 Å². The number of hydrogen-bond donors (Lipinski definition) is 1. The van der Waals surface area contributed by atoms with E-state index in [2.05, 4.69) is 24.1 Å². The fraction of sp³-hybridized carbons (Fsp3) is 0.938. The molecule has 0 radical (unpaired) electrons. The Morgan fingerprint density at radius 2 is 2.00 bits per heavy atom. The molecule has 0 saturated carbocycles. The third-order valence-corrected chi connectivity index (χ3v) is 5.10. The van der Waals surface area contributed by atoms with Gasteiger partial charge in [0.15, 0.2) is 0 Å². The number of amides is 1. The van der Waals surface area contributed by atoms with Crippen LogP contribution in [0.5, 0.6) is 0 Å². The number of rotatable bonds is 4. The summed E-state index contributed by atoms with van der Waals surface area (Å²) in [5.41, 5.74) is 0. The Balaban J connectivity index is 1.84. The fourth-order valence-electron chi connectivity index (χ4n) is 3.73. The van der Waals surface area contributed by atoms with E-state index in [0.717, 1.165) is 38.4 Å². The van der Waals surface area contributed by atoms with Crippen LogP contribution < -0.4 is 5.32 Å². The van der Waals surface area contributed by atoms with Crippen LogP contribution in [0.15, 0.2) is 0 Å². The van der Waals surface area contributed by atoms with Crippen LogP contribution in [0.4, 0.5) is 0 Å². The Hall–Kier alpha value is -0.570. The number of likely N-dealkylation sites (tertiary alicyclic amines) is 1. The number of nitrogens with zero attached hydrogens (tertiary/aromatic N) is 1. The molecule has 2 unspecified atom stereocenters. The van der Waals surface area contributed by atoms with Gasteiger partial charge in [0.25, 0.3) is 0 Å². The molecule has 2 fully saturated rings. The summed E-state index contributed by atoms with van der Waals surface area (Å²) in [7, 11) is 0. The van der Waals surface area contributed by atoms with Crippen molar-refractivity contribution in [1.29, 1.82) is 0 Å². The summed E-state index contributed by atoms with van der Waals surface area (Å²) in [5, 5.41) is 3.41. The van der Waals surface area contributed by atoms with E-state index in [4.69, 9.17) is 0 Å². The van der Waals surface area contributed by atoms with Gasteiger partial charge in [-0.3, -0.25) is 4.79 Å². The largest absolute Gasteiger partial charge is 0.340 e. The highest BCUT2D eigenvalue weighted by atomic mass is 16.2. The molecule has 0 aromatic heterocycles. The van der Waals surface area contributed by atoms with Gasteiger partial charge >= 0.3 is 0 Å². The normalized spacial score (nSPS) is 27.3. The molecule has 2 saturated heterocycles. The van der Waals surface area contributed by atoms with Gasteiger partial charge in [-0.15, -0.1) is 0 Å². The molecule has 0 aromatic rings. The van der Waals surface area contributed by atoms with Crippen molar-refractivity contribution in [1.82, 2.24) is 10.2 Å². The second kappa shape index (κ2) is 7.28. The predicted molar refractivity (Wildman–Crippen MR) is 79.0 cm³/mol. The first-order chi connectivity index (χ1) is 9.22. The highest BCUT2D eigenvalue weighted by Gasteiger charge is 2.28. The van der Waals surface area contributed by atoms with Crippen LogP contribution in [-0.4, -0.2) is 36.5 Å². The Kier molecular flexibility index (Phi) is 5.68. The van der Waals surface area contributed by atoms with E-state index in [0.29, 0.717) is 17.9 Å². The minimum Gasteiger partial charge on any atom is -0.340 e. The smallest absolute Gasteiger partial charge is 0.223 e. The Labute approximate surface area is 118 Å². The van der Waals surface area contributed by atoms with E-state index in [1.807, 2.05) is 0 Å². The van der Waals surface area contributed by atoms with Crippen LogP contribution in [0.1, 0.15) is 58.8 Å².